The molecule has 0 atom stereocenters. The van der Waals surface area contributed by atoms with E-state index in [4.69, 9.17) is 11.6 Å². The number of halogens is 1. The average molecular weight is 223 g/mol. The molecule has 0 radical (unpaired) electrons. The molecule has 0 saturated carbocycles. The molecule has 0 saturated heterocycles. The third-order valence-electron chi connectivity index (χ3n) is 0.997. The number of rotatable bonds is 2. The summed E-state index contributed by atoms with van der Waals surface area (Å²) in [6.07, 6.45) is 1.00. The summed E-state index contributed by atoms with van der Waals surface area (Å²) in [6, 6.07) is 0. The van der Waals surface area contributed by atoms with E-state index in [1.807, 2.05) is 0 Å². The van der Waals surface area contributed by atoms with E-state index in [1.54, 1.807) is 6.92 Å². The molecule has 0 fully saturated rings. The van der Waals surface area contributed by atoms with Gasteiger partial charge in [0.25, 0.3) is 0 Å². The monoisotopic (exact) mass is 222 g/mol. The summed E-state index contributed by atoms with van der Waals surface area (Å²) < 4.78 is 23.6. The van der Waals surface area contributed by atoms with Crippen molar-refractivity contribution in [2.45, 2.75) is 6.92 Å². The number of hydrogen-bond donors (Lipinski definition) is 1. The van der Waals surface area contributed by atoms with E-state index in [-0.39, 0.29) is 11.2 Å². The molecule has 0 amide bonds. The van der Waals surface area contributed by atoms with Crippen LogP contribution < -0.4 is 4.72 Å². The maximum absolute atomic E-state index is 10.8. The molecule has 0 aliphatic heterocycles. The highest BCUT2D eigenvalue weighted by Crippen LogP contribution is 2.05. The van der Waals surface area contributed by atoms with Crippen LogP contribution >= 0.6 is 11.6 Å². The number of sulfonamides is 1. The van der Waals surface area contributed by atoms with Crippen molar-refractivity contribution >= 4 is 27.6 Å². The highest BCUT2D eigenvalue weighted by atomic mass is 35.5. The minimum atomic E-state index is -3.37. The zero-order valence-electron chi connectivity index (χ0n) is 6.94. The van der Waals surface area contributed by atoms with Crippen LogP contribution in [0.2, 0.25) is 5.28 Å². The first-order chi connectivity index (χ1) is 5.87. The van der Waals surface area contributed by atoms with Crippen molar-refractivity contribution in [3.8, 4) is 0 Å². The smallest absolute Gasteiger partial charge is 0.241 e. The average Bonchev–Trinajstić information content (AvgIpc) is 1.78. The Morgan fingerprint density at radius 3 is 2.38 bits per heavy atom. The lowest BCUT2D eigenvalue weighted by atomic mass is 10.7. The summed E-state index contributed by atoms with van der Waals surface area (Å²) in [5, 5.41) is -0.0429. The molecule has 8 heteroatoms. The van der Waals surface area contributed by atoms with Crippen LogP contribution in [-0.4, -0.2) is 29.6 Å². The third-order valence-corrected chi connectivity index (χ3v) is 1.72. The molecule has 0 unspecified atom stereocenters. The molecule has 0 aliphatic rings. The fraction of sp³-hybridized carbons (Fsp3) is 0.400. The van der Waals surface area contributed by atoms with Gasteiger partial charge in [0.2, 0.25) is 21.3 Å². The molecule has 6 nitrogen and oxygen atoms in total. The van der Waals surface area contributed by atoms with E-state index in [0.717, 1.165) is 6.26 Å². The molecule has 0 spiro atoms. The van der Waals surface area contributed by atoms with Gasteiger partial charge in [-0.05, 0) is 18.5 Å². The van der Waals surface area contributed by atoms with E-state index in [0.29, 0.717) is 5.82 Å². The fourth-order valence-electron chi connectivity index (χ4n) is 0.661. The molecule has 13 heavy (non-hydrogen) atoms. The van der Waals surface area contributed by atoms with Crippen LogP contribution in [0.5, 0.6) is 0 Å². The summed E-state index contributed by atoms with van der Waals surface area (Å²) in [5.74, 6) is 0.283. The highest BCUT2D eigenvalue weighted by Gasteiger charge is 2.06. The molecule has 0 bridgehead atoms. The van der Waals surface area contributed by atoms with Gasteiger partial charge in [-0.1, -0.05) is 0 Å². The third kappa shape index (κ3) is 3.51. The van der Waals surface area contributed by atoms with Gasteiger partial charge in [0.1, 0.15) is 5.82 Å². The number of nitrogens with zero attached hydrogens (tertiary/aromatic N) is 3. The van der Waals surface area contributed by atoms with Crippen molar-refractivity contribution in [3.63, 3.8) is 0 Å². The van der Waals surface area contributed by atoms with Crippen LogP contribution in [0, 0.1) is 6.92 Å². The number of anilines is 1. The quantitative estimate of drug-likeness (QED) is 0.773. The molecular formula is C5H7ClN4O2S. The second kappa shape index (κ2) is 3.43. The first-order valence-corrected chi connectivity index (χ1v) is 5.50. The zero-order chi connectivity index (χ0) is 10.1. The van der Waals surface area contributed by atoms with Crippen molar-refractivity contribution < 1.29 is 8.42 Å². The molecule has 0 aliphatic carbocycles. The maximum atomic E-state index is 10.8. The minimum absolute atomic E-state index is 0.0429. The van der Waals surface area contributed by atoms with Gasteiger partial charge < -0.3 is 0 Å². The Hall–Kier alpha value is -0.950. The lowest BCUT2D eigenvalue weighted by Crippen LogP contribution is -2.13. The number of aromatic nitrogens is 3. The zero-order valence-corrected chi connectivity index (χ0v) is 8.52. The van der Waals surface area contributed by atoms with Gasteiger partial charge in [-0.3, -0.25) is 4.72 Å². The largest absolute Gasteiger partial charge is 0.251 e. The van der Waals surface area contributed by atoms with Gasteiger partial charge in [0, 0.05) is 0 Å². The summed E-state index contributed by atoms with van der Waals surface area (Å²) in [5.41, 5.74) is 0. The van der Waals surface area contributed by atoms with Crippen LogP contribution in [-0.2, 0) is 10.0 Å². The molecule has 1 rings (SSSR count). The Kier molecular flexibility index (Phi) is 2.67. The Bertz CT molecular complexity index is 398. The number of hydrogen-bond acceptors (Lipinski definition) is 5. The molecule has 72 valence electrons. The van der Waals surface area contributed by atoms with Crippen molar-refractivity contribution in [1.29, 1.82) is 0 Å². The van der Waals surface area contributed by atoms with Crippen LogP contribution in [0.4, 0.5) is 5.95 Å². The first kappa shape index (κ1) is 10.1. The summed E-state index contributed by atoms with van der Waals surface area (Å²) in [6.45, 7) is 1.58. The Balaban J connectivity index is 3.03. The predicted octanol–water partition coefficient (Wildman–Crippen LogP) is 0.205. The lowest BCUT2D eigenvalue weighted by Gasteiger charge is -2.01. The topological polar surface area (TPSA) is 84.8 Å². The molecule has 1 aromatic rings. The van der Waals surface area contributed by atoms with Crippen molar-refractivity contribution in [2.75, 3.05) is 11.0 Å². The standard InChI is InChI=1S/C5H7ClN4O2S/c1-3-7-4(6)9-5(8-3)10-13(2,11)12/h1-2H3,(H,7,8,9,10). The van der Waals surface area contributed by atoms with Gasteiger partial charge in [0.15, 0.2) is 0 Å². The predicted molar refractivity (Wildman–Crippen MR) is 48.0 cm³/mol. The van der Waals surface area contributed by atoms with E-state index in [1.165, 1.54) is 0 Å². The van der Waals surface area contributed by atoms with Gasteiger partial charge in [0.05, 0.1) is 6.26 Å². The van der Waals surface area contributed by atoms with E-state index < -0.39 is 10.0 Å². The SMILES string of the molecule is Cc1nc(Cl)nc(NS(C)(=O)=O)n1. The van der Waals surface area contributed by atoms with E-state index in [2.05, 4.69) is 19.7 Å². The van der Waals surface area contributed by atoms with Crippen molar-refractivity contribution in [2.24, 2.45) is 0 Å². The van der Waals surface area contributed by atoms with Crippen LogP contribution in [0.25, 0.3) is 0 Å². The van der Waals surface area contributed by atoms with Crippen LogP contribution in [0.15, 0.2) is 0 Å². The van der Waals surface area contributed by atoms with Crippen molar-refractivity contribution in [1.82, 2.24) is 15.0 Å². The molecule has 1 aromatic heterocycles. The van der Waals surface area contributed by atoms with Crippen molar-refractivity contribution in [3.05, 3.63) is 11.1 Å². The summed E-state index contributed by atoms with van der Waals surface area (Å²) in [4.78, 5) is 11.0. The first-order valence-electron chi connectivity index (χ1n) is 3.23. The summed E-state index contributed by atoms with van der Waals surface area (Å²) in [7, 11) is -3.37. The van der Waals surface area contributed by atoms with Gasteiger partial charge in [-0.15, -0.1) is 0 Å². The van der Waals surface area contributed by atoms with Crippen LogP contribution in [0.1, 0.15) is 5.82 Å². The highest BCUT2D eigenvalue weighted by molar-refractivity contribution is 7.91. The Labute approximate surface area is 80.4 Å². The Morgan fingerprint density at radius 2 is 1.92 bits per heavy atom. The second-order valence-electron chi connectivity index (χ2n) is 2.35. The molecule has 1 N–H and O–H groups in total. The fourth-order valence-corrected chi connectivity index (χ4v) is 1.29. The lowest BCUT2D eigenvalue weighted by molar-refractivity contribution is 0.606. The molecule has 0 aromatic carbocycles. The van der Waals surface area contributed by atoms with Gasteiger partial charge in [-0.25, -0.2) is 13.4 Å². The maximum Gasteiger partial charge on any atom is 0.241 e. The molecular weight excluding hydrogens is 216 g/mol. The normalized spacial score (nSPS) is 11.3. The number of nitrogens with one attached hydrogen (secondary N) is 1. The number of aryl methyl sites for hydroxylation is 1. The Morgan fingerprint density at radius 1 is 1.31 bits per heavy atom. The minimum Gasteiger partial charge on any atom is -0.251 e. The van der Waals surface area contributed by atoms with Gasteiger partial charge >= 0.3 is 0 Å². The van der Waals surface area contributed by atoms with Crippen LogP contribution in [0.3, 0.4) is 0 Å². The van der Waals surface area contributed by atoms with E-state index >= 15 is 0 Å². The van der Waals surface area contributed by atoms with E-state index in [9.17, 15) is 8.42 Å². The summed E-state index contributed by atoms with van der Waals surface area (Å²) >= 11 is 5.48. The van der Waals surface area contributed by atoms with Gasteiger partial charge in [-0.2, -0.15) is 9.97 Å². The second-order valence-corrected chi connectivity index (χ2v) is 4.44. The molecule has 1 heterocycles.